The van der Waals surface area contributed by atoms with Gasteiger partial charge in [0.05, 0.1) is 41.6 Å². The van der Waals surface area contributed by atoms with Gasteiger partial charge in [0, 0.05) is 49.2 Å². The molecule has 0 spiro atoms. The lowest BCUT2D eigenvalue weighted by molar-refractivity contribution is 0.0935. The summed E-state index contributed by atoms with van der Waals surface area (Å²) in [4.78, 5) is 58.0. The zero-order valence-corrected chi connectivity index (χ0v) is 34.4. The van der Waals surface area contributed by atoms with Gasteiger partial charge in [0.25, 0.3) is 22.7 Å². The van der Waals surface area contributed by atoms with Crippen molar-refractivity contribution in [1.82, 2.24) is 49.3 Å². The van der Waals surface area contributed by atoms with Gasteiger partial charge in [0.15, 0.2) is 22.9 Å². The molecule has 0 atom stereocenters. The van der Waals surface area contributed by atoms with E-state index in [2.05, 4.69) is 59.1 Å². The van der Waals surface area contributed by atoms with E-state index in [0.29, 0.717) is 24.7 Å². The molecule has 0 bridgehead atoms. The van der Waals surface area contributed by atoms with Crippen LogP contribution in [0.5, 0.6) is 11.5 Å². The SMILES string of the molecule is CNC(=O)c1nn(CC2(n3ccc4cc(Cl)cnc43)CCCC2)cc(O)c1=O.Cc1cn(C2(Cn3cc(O)c(=O)c(C(=O)NCC(C)C)n3)CCCC2)c2ncccc12. The molecule has 0 saturated heterocycles. The monoisotopic (exact) mass is 824 g/mol. The first-order valence-electron chi connectivity index (χ1n) is 19.9. The lowest BCUT2D eigenvalue weighted by Gasteiger charge is -2.32. The molecule has 0 unspecified atom stereocenters. The summed E-state index contributed by atoms with van der Waals surface area (Å²) in [5.41, 5.74) is 0.154. The summed E-state index contributed by atoms with van der Waals surface area (Å²) in [5.74, 6) is -1.91. The first-order chi connectivity index (χ1) is 28.2. The molecule has 310 valence electrons. The highest BCUT2D eigenvalue weighted by molar-refractivity contribution is 6.31. The van der Waals surface area contributed by atoms with Gasteiger partial charge in [-0.2, -0.15) is 10.2 Å². The minimum absolute atomic E-state index is 0.239. The topological polar surface area (TPSA) is 204 Å². The predicted molar refractivity (Wildman–Crippen MR) is 223 cm³/mol. The van der Waals surface area contributed by atoms with Crippen molar-refractivity contribution in [1.29, 1.82) is 0 Å². The fourth-order valence-electron chi connectivity index (χ4n) is 8.59. The third kappa shape index (κ3) is 8.18. The van der Waals surface area contributed by atoms with E-state index in [1.54, 1.807) is 12.4 Å². The number of carbonyl (C=O) groups excluding carboxylic acids is 2. The normalized spacial score (nSPS) is 15.7. The zero-order chi connectivity index (χ0) is 42.1. The Morgan fingerprint density at radius 3 is 1.98 bits per heavy atom. The Labute approximate surface area is 344 Å². The van der Waals surface area contributed by atoms with Crippen molar-refractivity contribution in [2.75, 3.05) is 13.6 Å². The van der Waals surface area contributed by atoms with E-state index in [0.717, 1.165) is 79.0 Å². The van der Waals surface area contributed by atoms with E-state index in [4.69, 9.17) is 11.6 Å². The van der Waals surface area contributed by atoms with Gasteiger partial charge in [0.1, 0.15) is 11.3 Å². The van der Waals surface area contributed by atoms with Crippen LogP contribution >= 0.6 is 11.6 Å². The van der Waals surface area contributed by atoms with Crippen LogP contribution in [0.4, 0.5) is 0 Å². The van der Waals surface area contributed by atoms with Crippen molar-refractivity contribution in [3.63, 3.8) is 0 Å². The van der Waals surface area contributed by atoms with Crippen LogP contribution in [0, 0.1) is 12.8 Å². The number of halogens is 1. The van der Waals surface area contributed by atoms with Gasteiger partial charge in [-0.15, -0.1) is 0 Å². The molecule has 16 nitrogen and oxygen atoms in total. The lowest BCUT2D eigenvalue weighted by atomic mass is 9.97. The van der Waals surface area contributed by atoms with Crippen LogP contribution in [-0.2, 0) is 24.2 Å². The largest absolute Gasteiger partial charge is 0.503 e. The van der Waals surface area contributed by atoms with Crippen LogP contribution in [0.15, 0.2) is 71.0 Å². The number of amides is 2. The first kappa shape index (κ1) is 41.1. The van der Waals surface area contributed by atoms with Crippen molar-refractivity contribution in [3.05, 3.63) is 104 Å². The van der Waals surface area contributed by atoms with E-state index in [-0.39, 0.29) is 28.4 Å². The zero-order valence-electron chi connectivity index (χ0n) is 33.6. The maximum Gasteiger partial charge on any atom is 0.275 e. The van der Waals surface area contributed by atoms with Gasteiger partial charge in [-0.3, -0.25) is 28.5 Å². The number of aromatic nitrogens is 8. The smallest absolute Gasteiger partial charge is 0.275 e. The summed E-state index contributed by atoms with van der Waals surface area (Å²) in [7, 11) is 1.42. The Morgan fingerprint density at radius 1 is 0.831 bits per heavy atom. The maximum absolute atomic E-state index is 12.5. The Bertz CT molecular complexity index is 2650. The molecule has 59 heavy (non-hydrogen) atoms. The molecule has 0 radical (unpaired) electrons. The molecule has 2 aliphatic carbocycles. The van der Waals surface area contributed by atoms with E-state index in [1.165, 1.54) is 28.8 Å². The summed E-state index contributed by atoms with van der Waals surface area (Å²) in [6.07, 6.45) is 18.0. The molecule has 6 aromatic heterocycles. The van der Waals surface area contributed by atoms with Crippen LogP contribution in [0.1, 0.15) is 91.8 Å². The summed E-state index contributed by atoms with van der Waals surface area (Å²) in [6, 6.07) is 7.85. The standard InChI is InChI=1S/C23H29N5O3.C19H20ClN5O3/c1-15(2)11-25-22(31)19-20(30)18(29)13-27(26-19)14-23(8-4-5-9-23)28-12-16(3)17-7-6-10-24-21(17)28;1-21-18(28)15-16(27)14(26)10-24(23-15)11-19(5-2-3-6-19)25-7-4-12-8-13(20)9-22-17(12)25/h6-7,10,12-13,15,29H,4-5,8-9,11,14H2,1-3H3,(H,25,31);4,7-10,26H,2-3,5-6,11H2,1H3,(H,21,28). The Hall–Kier alpha value is -6.03. The number of hydrogen-bond donors (Lipinski definition) is 4. The molecule has 2 fully saturated rings. The molecule has 2 amide bonds. The molecule has 17 heteroatoms. The molecule has 6 heterocycles. The summed E-state index contributed by atoms with van der Waals surface area (Å²) >= 11 is 6.06. The number of aryl methyl sites for hydroxylation is 1. The quantitative estimate of drug-likeness (QED) is 0.141. The van der Waals surface area contributed by atoms with Crippen LogP contribution in [0.3, 0.4) is 0 Å². The predicted octanol–water partition coefficient (Wildman–Crippen LogP) is 5.24. The molecule has 2 saturated carbocycles. The number of rotatable bonds is 10. The molecule has 6 aromatic rings. The Morgan fingerprint density at radius 2 is 1.41 bits per heavy atom. The molecule has 0 aromatic carbocycles. The Balaban J connectivity index is 0.000000180. The van der Waals surface area contributed by atoms with Gasteiger partial charge in [-0.1, -0.05) is 51.1 Å². The van der Waals surface area contributed by atoms with Crippen molar-refractivity contribution < 1.29 is 19.8 Å². The van der Waals surface area contributed by atoms with Gasteiger partial charge < -0.3 is 30.0 Å². The molecule has 2 aliphatic rings. The minimum Gasteiger partial charge on any atom is -0.503 e. The number of hydrogen-bond acceptors (Lipinski definition) is 10. The molecular formula is C42H49ClN10O6. The number of nitrogens with one attached hydrogen (secondary N) is 2. The molecular weight excluding hydrogens is 776 g/mol. The van der Waals surface area contributed by atoms with Gasteiger partial charge >= 0.3 is 0 Å². The fourth-order valence-corrected chi connectivity index (χ4v) is 8.75. The van der Waals surface area contributed by atoms with Crippen LogP contribution < -0.4 is 21.5 Å². The highest BCUT2D eigenvalue weighted by atomic mass is 35.5. The number of nitrogens with zero attached hydrogens (tertiary/aromatic N) is 8. The van der Waals surface area contributed by atoms with E-state index in [9.17, 15) is 29.4 Å². The second kappa shape index (κ2) is 16.7. The summed E-state index contributed by atoms with van der Waals surface area (Å²) in [6.45, 7) is 7.28. The van der Waals surface area contributed by atoms with Crippen molar-refractivity contribution in [2.45, 2.75) is 96.3 Å². The summed E-state index contributed by atoms with van der Waals surface area (Å²) < 4.78 is 7.37. The molecule has 4 N–H and O–H groups in total. The Kier molecular flexibility index (Phi) is 11.6. The second-order valence-electron chi connectivity index (χ2n) is 16.1. The number of aromatic hydroxyl groups is 2. The average Bonchev–Trinajstić information content (AvgIpc) is 4.04. The van der Waals surface area contributed by atoms with E-state index >= 15 is 0 Å². The van der Waals surface area contributed by atoms with Crippen LogP contribution in [0.2, 0.25) is 5.02 Å². The number of fused-ring (bicyclic) bond motifs is 2. The van der Waals surface area contributed by atoms with Crippen molar-refractivity contribution in [2.24, 2.45) is 5.92 Å². The van der Waals surface area contributed by atoms with Crippen molar-refractivity contribution in [3.8, 4) is 11.5 Å². The highest BCUT2D eigenvalue weighted by Crippen LogP contribution is 2.42. The van der Waals surface area contributed by atoms with Gasteiger partial charge in [0.2, 0.25) is 0 Å². The average molecular weight is 825 g/mol. The van der Waals surface area contributed by atoms with Crippen LogP contribution in [-0.4, -0.2) is 74.3 Å². The minimum atomic E-state index is -0.779. The van der Waals surface area contributed by atoms with Crippen molar-refractivity contribution >= 4 is 45.5 Å². The lowest BCUT2D eigenvalue weighted by Crippen LogP contribution is -2.38. The van der Waals surface area contributed by atoms with Gasteiger partial charge in [-0.05, 0) is 68.4 Å². The third-order valence-electron chi connectivity index (χ3n) is 11.5. The highest BCUT2D eigenvalue weighted by Gasteiger charge is 2.39. The van der Waals surface area contributed by atoms with E-state index < -0.39 is 34.2 Å². The summed E-state index contributed by atoms with van der Waals surface area (Å²) in [5, 5.41) is 36.5. The van der Waals surface area contributed by atoms with Crippen LogP contribution in [0.25, 0.3) is 22.1 Å². The molecule has 0 aliphatic heterocycles. The fraction of sp³-hybridized carbons (Fsp3) is 0.429. The first-order valence-corrected chi connectivity index (χ1v) is 20.3. The second-order valence-corrected chi connectivity index (χ2v) is 16.6. The van der Waals surface area contributed by atoms with Gasteiger partial charge in [-0.25, -0.2) is 9.97 Å². The van der Waals surface area contributed by atoms with E-state index in [1.807, 2.05) is 38.2 Å². The number of pyridine rings is 2. The molecule has 8 rings (SSSR count). The maximum atomic E-state index is 12.5. The third-order valence-corrected chi connectivity index (χ3v) is 11.7. The number of carbonyl (C=O) groups is 2.